The van der Waals surface area contributed by atoms with E-state index in [9.17, 15) is 13.2 Å². The highest BCUT2D eigenvalue weighted by Crippen LogP contribution is 2.35. The Labute approximate surface area is 148 Å². The van der Waals surface area contributed by atoms with Crippen molar-refractivity contribution in [2.45, 2.75) is 18.9 Å². The molecule has 0 spiro atoms. The predicted molar refractivity (Wildman–Crippen MR) is 92.2 cm³/mol. The van der Waals surface area contributed by atoms with Gasteiger partial charge >= 0.3 is 6.18 Å². The molecule has 1 atom stereocenters. The largest absolute Gasteiger partial charge is 0.461 e. The molecule has 2 heterocycles. The zero-order valence-electron chi connectivity index (χ0n) is 14.0. The Morgan fingerprint density at radius 3 is 2.65 bits per heavy atom. The van der Waals surface area contributed by atoms with Crippen LogP contribution in [0.2, 0.25) is 0 Å². The molecule has 0 bridgehead atoms. The fourth-order valence-electron chi connectivity index (χ4n) is 3.21. The Kier molecular flexibility index (Phi) is 4.00. The monoisotopic (exact) mass is 359 g/mol. The molecule has 3 aromatic rings. The number of allylic oxidation sites excluding steroid dienone is 1. The van der Waals surface area contributed by atoms with Crippen LogP contribution in [0.15, 0.2) is 60.4 Å². The van der Waals surface area contributed by atoms with Crippen molar-refractivity contribution >= 4 is 17.1 Å². The molecule has 0 saturated heterocycles. The number of rotatable bonds is 3. The molecule has 2 aromatic carbocycles. The van der Waals surface area contributed by atoms with E-state index in [1.807, 2.05) is 41.1 Å². The molecule has 0 fully saturated rings. The van der Waals surface area contributed by atoms with E-state index >= 15 is 0 Å². The van der Waals surface area contributed by atoms with E-state index in [-0.39, 0.29) is 6.42 Å². The number of benzene rings is 2. The molecule has 1 aromatic heterocycles. The normalized spacial score (nSPS) is 16.9. The Bertz CT molecular complexity index is 988. The van der Waals surface area contributed by atoms with Crippen LogP contribution >= 0.6 is 0 Å². The van der Waals surface area contributed by atoms with Gasteiger partial charge in [0.1, 0.15) is 5.76 Å². The Balaban J connectivity index is 1.72. The number of aromatic nitrogens is 1. The van der Waals surface area contributed by atoms with Crippen LogP contribution in [-0.2, 0) is 22.1 Å². The fraction of sp³-hybridized carbons (Fsp3) is 0.200. The second kappa shape index (κ2) is 6.21. The van der Waals surface area contributed by atoms with Crippen molar-refractivity contribution in [3.8, 4) is 0 Å². The van der Waals surface area contributed by atoms with Crippen molar-refractivity contribution in [3.05, 3.63) is 77.2 Å². The number of hydrogen-bond donors (Lipinski definition) is 0. The summed E-state index contributed by atoms with van der Waals surface area (Å²) in [5, 5.41) is 1.05. The minimum atomic E-state index is -4.36. The third kappa shape index (κ3) is 2.97. The molecule has 0 radical (unpaired) electrons. The summed E-state index contributed by atoms with van der Waals surface area (Å²) in [5.41, 5.74) is 1.71. The lowest BCUT2D eigenvalue weighted by atomic mass is 10.1. The Hall–Kier alpha value is -2.73. The first-order valence-corrected chi connectivity index (χ1v) is 8.12. The minimum Gasteiger partial charge on any atom is -0.461 e. The van der Waals surface area contributed by atoms with E-state index in [0.29, 0.717) is 11.3 Å². The number of alkyl halides is 3. The lowest BCUT2D eigenvalue weighted by molar-refractivity contribution is -0.137. The van der Waals surface area contributed by atoms with E-state index < -0.39 is 18.0 Å². The topological polar surface area (TPSA) is 23.4 Å². The van der Waals surface area contributed by atoms with Gasteiger partial charge in [-0.1, -0.05) is 36.4 Å². The van der Waals surface area contributed by atoms with Crippen molar-refractivity contribution in [2.24, 2.45) is 0 Å². The molecule has 0 saturated carbocycles. The van der Waals surface area contributed by atoms with Gasteiger partial charge in [-0.15, -0.1) is 0 Å². The number of para-hydroxylation sites is 1. The van der Waals surface area contributed by atoms with E-state index in [1.165, 1.54) is 6.07 Å². The average Bonchev–Trinajstić information content (AvgIpc) is 2.99. The second-order valence-electron chi connectivity index (χ2n) is 6.15. The molecule has 3 nitrogen and oxygen atoms in total. The number of methoxy groups -OCH3 is 1. The van der Waals surface area contributed by atoms with E-state index in [2.05, 4.69) is 0 Å². The van der Waals surface area contributed by atoms with Gasteiger partial charge in [-0.2, -0.15) is 13.2 Å². The number of halogens is 3. The summed E-state index contributed by atoms with van der Waals surface area (Å²) in [6.45, 7) is 0. The number of ether oxygens (including phenoxy) is 2. The van der Waals surface area contributed by atoms with Crippen molar-refractivity contribution in [2.75, 3.05) is 7.11 Å². The average molecular weight is 359 g/mol. The Morgan fingerprint density at radius 1 is 1.08 bits per heavy atom. The van der Waals surface area contributed by atoms with Gasteiger partial charge in [0.2, 0.25) is 6.29 Å². The van der Waals surface area contributed by atoms with Crippen LogP contribution in [0, 0.1) is 0 Å². The molecule has 1 aliphatic heterocycles. The highest BCUT2D eigenvalue weighted by Gasteiger charge is 2.31. The van der Waals surface area contributed by atoms with Crippen molar-refractivity contribution in [3.63, 3.8) is 0 Å². The predicted octanol–water partition coefficient (Wildman–Crippen LogP) is 5.38. The van der Waals surface area contributed by atoms with Gasteiger partial charge in [0.05, 0.1) is 16.8 Å². The maximum absolute atomic E-state index is 12.9. The number of hydrogen-bond acceptors (Lipinski definition) is 2. The third-order valence-corrected chi connectivity index (χ3v) is 4.40. The van der Waals surface area contributed by atoms with Gasteiger partial charge in [0, 0.05) is 25.1 Å². The van der Waals surface area contributed by atoms with Crippen molar-refractivity contribution in [1.29, 1.82) is 0 Å². The van der Waals surface area contributed by atoms with Gasteiger partial charge in [0.25, 0.3) is 0 Å². The first-order chi connectivity index (χ1) is 12.5. The number of nitrogens with zero attached hydrogens (tertiary/aromatic N) is 1. The lowest BCUT2D eigenvalue weighted by Gasteiger charge is -2.25. The van der Waals surface area contributed by atoms with Crippen LogP contribution in [0.5, 0.6) is 0 Å². The first-order valence-electron chi connectivity index (χ1n) is 8.12. The second-order valence-corrected chi connectivity index (χ2v) is 6.15. The van der Waals surface area contributed by atoms with Gasteiger partial charge in [-0.25, -0.2) is 0 Å². The Morgan fingerprint density at radius 2 is 1.88 bits per heavy atom. The molecule has 0 amide bonds. The molecule has 1 unspecified atom stereocenters. The van der Waals surface area contributed by atoms with E-state index in [1.54, 1.807) is 13.2 Å². The summed E-state index contributed by atoms with van der Waals surface area (Å²) >= 11 is 0. The molecular weight excluding hydrogens is 343 g/mol. The molecule has 0 N–H and O–H groups in total. The molecular formula is C20H16F3NO2. The van der Waals surface area contributed by atoms with Gasteiger partial charge in [-0.3, -0.25) is 0 Å². The smallest absolute Gasteiger partial charge is 0.416 e. The standard InChI is InChI=1S/C20H16F3NO2/c1-25-19-18-11-14-6-2-3-8-17(14)24(18)12-16(26-19)10-13-5-4-7-15(9-13)20(21,22)23/h2-9,11-12,19H,10H2,1H3. The third-order valence-electron chi connectivity index (χ3n) is 4.40. The van der Waals surface area contributed by atoms with Gasteiger partial charge in [0.15, 0.2) is 0 Å². The molecule has 4 rings (SSSR count). The highest BCUT2D eigenvalue weighted by molar-refractivity contribution is 5.83. The highest BCUT2D eigenvalue weighted by atomic mass is 19.4. The van der Waals surface area contributed by atoms with Crippen molar-refractivity contribution < 1.29 is 22.6 Å². The maximum Gasteiger partial charge on any atom is 0.416 e. The van der Waals surface area contributed by atoms with Crippen molar-refractivity contribution in [1.82, 2.24) is 4.57 Å². The van der Waals surface area contributed by atoms with Crippen LogP contribution in [0.4, 0.5) is 13.2 Å². The van der Waals surface area contributed by atoms with Crippen LogP contribution in [0.3, 0.4) is 0 Å². The summed E-state index contributed by atoms with van der Waals surface area (Å²) in [7, 11) is 1.54. The van der Waals surface area contributed by atoms with Gasteiger partial charge < -0.3 is 14.0 Å². The van der Waals surface area contributed by atoms with Crippen LogP contribution in [0.1, 0.15) is 23.1 Å². The SMILES string of the molecule is COC1OC(Cc2cccc(C(F)(F)F)c2)=Cn2c1cc1ccccc12. The maximum atomic E-state index is 12.9. The van der Waals surface area contributed by atoms with Crippen LogP contribution in [-0.4, -0.2) is 11.7 Å². The summed E-state index contributed by atoms with van der Waals surface area (Å²) < 4.78 is 52.0. The quantitative estimate of drug-likeness (QED) is 0.627. The molecule has 6 heteroatoms. The van der Waals surface area contributed by atoms with E-state index in [4.69, 9.17) is 9.47 Å². The molecule has 134 valence electrons. The minimum absolute atomic E-state index is 0.246. The van der Waals surface area contributed by atoms with Crippen LogP contribution < -0.4 is 0 Å². The van der Waals surface area contributed by atoms with Crippen LogP contribution in [0.25, 0.3) is 17.1 Å². The number of fused-ring (bicyclic) bond motifs is 3. The van der Waals surface area contributed by atoms with E-state index in [0.717, 1.165) is 28.7 Å². The zero-order chi connectivity index (χ0) is 18.3. The zero-order valence-corrected chi connectivity index (χ0v) is 14.0. The summed E-state index contributed by atoms with van der Waals surface area (Å²) in [5.74, 6) is 0.546. The summed E-state index contributed by atoms with van der Waals surface area (Å²) in [6.07, 6.45) is -2.91. The molecule has 0 aliphatic carbocycles. The first kappa shape index (κ1) is 16.7. The fourth-order valence-corrected chi connectivity index (χ4v) is 3.21. The van der Waals surface area contributed by atoms with Gasteiger partial charge in [-0.05, 0) is 23.8 Å². The molecule has 26 heavy (non-hydrogen) atoms. The summed E-state index contributed by atoms with van der Waals surface area (Å²) in [6, 6.07) is 15.1. The lowest BCUT2D eigenvalue weighted by Crippen LogP contribution is -2.16. The summed E-state index contributed by atoms with van der Waals surface area (Å²) in [4.78, 5) is 0. The molecule has 1 aliphatic rings.